The molecule has 0 radical (unpaired) electrons. The van der Waals surface area contributed by atoms with Crippen LogP contribution in [-0.4, -0.2) is 66.5 Å². The highest BCUT2D eigenvalue weighted by atomic mass is 32.2. The molecule has 18 heavy (non-hydrogen) atoms. The lowest BCUT2D eigenvalue weighted by Crippen LogP contribution is -2.43. The van der Waals surface area contributed by atoms with E-state index in [9.17, 15) is 0 Å². The van der Waals surface area contributed by atoms with Crippen LogP contribution in [0.1, 0.15) is 13.3 Å². The fourth-order valence-corrected chi connectivity index (χ4v) is 3.12. The molecule has 0 atom stereocenters. The topological polar surface area (TPSA) is 44.9 Å². The number of hydrogen-bond donors (Lipinski definition) is 1. The molecular weight excluding hydrogens is 244 g/mol. The van der Waals surface area contributed by atoms with Gasteiger partial charge in [0.15, 0.2) is 5.96 Å². The van der Waals surface area contributed by atoms with Crippen LogP contribution in [0.25, 0.3) is 0 Å². The number of guanidine groups is 1. The third-order valence-corrected chi connectivity index (χ3v) is 4.49. The molecule has 2 heterocycles. The fraction of sp³-hybridized carbons (Fsp3) is 0.769. The van der Waals surface area contributed by atoms with Gasteiger partial charge in [-0.3, -0.25) is 9.89 Å². The smallest absolute Gasteiger partial charge is 0.191 e. The van der Waals surface area contributed by atoms with Crippen LogP contribution in [0.2, 0.25) is 0 Å². The van der Waals surface area contributed by atoms with Gasteiger partial charge < -0.3 is 10.6 Å². The van der Waals surface area contributed by atoms with Crippen molar-refractivity contribution in [1.29, 1.82) is 0 Å². The summed E-state index contributed by atoms with van der Waals surface area (Å²) < 4.78 is 0. The van der Waals surface area contributed by atoms with Gasteiger partial charge in [0.05, 0.1) is 6.54 Å². The van der Waals surface area contributed by atoms with Gasteiger partial charge in [-0.25, -0.2) is 0 Å². The van der Waals surface area contributed by atoms with E-state index in [-0.39, 0.29) is 0 Å². The largest absolute Gasteiger partial charge is 0.370 e. The molecule has 1 saturated heterocycles. The third kappa shape index (κ3) is 4.21. The average molecular weight is 268 g/mol. The lowest BCUT2D eigenvalue weighted by Gasteiger charge is -2.28. The van der Waals surface area contributed by atoms with E-state index in [4.69, 9.17) is 5.73 Å². The summed E-state index contributed by atoms with van der Waals surface area (Å²) in [5, 5.41) is 0. The number of aliphatic imine (C=N–C) groups is 1. The summed E-state index contributed by atoms with van der Waals surface area (Å²) >= 11 is 2.00. The van der Waals surface area contributed by atoms with Gasteiger partial charge >= 0.3 is 0 Å². The van der Waals surface area contributed by atoms with Crippen molar-refractivity contribution in [2.75, 3.05) is 50.8 Å². The molecule has 0 aromatic rings. The second-order valence-electron chi connectivity index (χ2n) is 4.94. The van der Waals surface area contributed by atoms with Crippen LogP contribution in [-0.2, 0) is 0 Å². The van der Waals surface area contributed by atoms with Gasteiger partial charge in [0, 0.05) is 44.2 Å². The summed E-state index contributed by atoms with van der Waals surface area (Å²) in [5.41, 5.74) is 7.54. The summed E-state index contributed by atoms with van der Waals surface area (Å²) in [6.07, 6.45) is 3.51. The molecule has 0 saturated carbocycles. The van der Waals surface area contributed by atoms with Crippen LogP contribution < -0.4 is 5.73 Å². The Bertz CT molecular complexity index is 321. The normalized spacial score (nSPS) is 23.1. The Morgan fingerprint density at radius 3 is 2.83 bits per heavy atom. The predicted molar refractivity (Wildman–Crippen MR) is 80.2 cm³/mol. The molecule has 0 amide bonds. The number of nitrogens with zero attached hydrogens (tertiary/aromatic N) is 3. The van der Waals surface area contributed by atoms with Crippen LogP contribution in [0.3, 0.4) is 0 Å². The minimum absolute atomic E-state index is 0.735. The van der Waals surface area contributed by atoms with Crippen molar-refractivity contribution in [3.8, 4) is 0 Å². The van der Waals surface area contributed by atoms with Crippen LogP contribution in [0.4, 0.5) is 0 Å². The van der Waals surface area contributed by atoms with Crippen molar-refractivity contribution < 1.29 is 0 Å². The Labute approximate surface area is 114 Å². The zero-order chi connectivity index (χ0) is 12.8. The number of nitrogens with two attached hydrogens (primary N) is 1. The van der Waals surface area contributed by atoms with Crippen LogP contribution in [0.15, 0.2) is 16.6 Å². The van der Waals surface area contributed by atoms with Crippen LogP contribution in [0, 0.1) is 0 Å². The maximum absolute atomic E-state index is 6.02. The van der Waals surface area contributed by atoms with Gasteiger partial charge in [0.2, 0.25) is 0 Å². The maximum Gasteiger partial charge on any atom is 0.191 e. The van der Waals surface area contributed by atoms with Crippen molar-refractivity contribution in [3.05, 3.63) is 11.6 Å². The van der Waals surface area contributed by atoms with E-state index in [1.807, 2.05) is 11.8 Å². The summed E-state index contributed by atoms with van der Waals surface area (Å²) in [7, 11) is 0. The molecule has 0 bridgehead atoms. The number of hydrogen-bond acceptors (Lipinski definition) is 3. The SMILES string of the molecule is CC1=CCN(CCN=C(N)N2CCSCC2)CC1. The molecule has 0 aromatic heterocycles. The van der Waals surface area contributed by atoms with E-state index in [1.54, 1.807) is 0 Å². The van der Waals surface area contributed by atoms with Gasteiger partial charge in [-0.1, -0.05) is 11.6 Å². The highest BCUT2D eigenvalue weighted by molar-refractivity contribution is 7.99. The monoisotopic (exact) mass is 268 g/mol. The molecule has 0 aromatic carbocycles. The van der Waals surface area contributed by atoms with E-state index in [0.29, 0.717) is 0 Å². The number of thioether (sulfide) groups is 1. The van der Waals surface area contributed by atoms with E-state index >= 15 is 0 Å². The van der Waals surface area contributed by atoms with Gasteiger partial charge in [-0.05, 0) is 13.3 Å². The molecule has 4 nitrogen and oxygen atoms in total. The first-order chi connectivity index (χ1) is 8.75. The van der Waals surface area contributed by atoms with Gasteiger partial charge in [-0.15, -0.1) is 0 Å². The van der Waals surface area contributed by atoms with Gasteiger partial charge in [0.1, 0.15) is 0 Å². The quantitative estimate of drug-likeness (QED) is 0.471. The summed E-state index contributed by atoms with van der Waals surface area (Å²) in [6.45, 7) is 8.38. The second-order valence-corrected chi connectivity index (χ2v) is 6.17. The summed E-state index contributed by atoms with van der Waals surface area (Å²) in [5.74, 6) is 3.08. The Morgan fingerprint density at radius 1 is 1.39 bits per heavy atom. The van der Waals surface area contributed by atoms with Crippen LogP contribution >= 0.6 is 11.8 Å². The Balaban J connectivity index is 1.70. The first-order valence-corrected chi connectivity index (χ1v) is 7.92. The molecule has 2 rings (SSSR count). The molecule has 1 fully saturated rings. The molecule has 2 N–H and O–H groups in total. The lowest BCUT2D eigenvalue weighted by molar-refractivity contribution is 0.302. The zero-order valence-corrected chi connectivity index (χ0v) is 12.1. The van der Waals surface area contributed by atoms with Crippen molar-refractivity contribution in [2.24, 2.45) is 10.7 Å². The average Bonchev–Trinajstić information content (AvgIpc) is 2.42. The van der Waals surface area contributed by atoms with E-state index < -0.39 is 0 Å². The molecule has 2 aliphatic rings. The van der Waals surface area contributed by atoms with Gasteiger partial charge in [0.25, 0.3) is 0 Å². The Morgan fingerprint density at radius 2 is 2.17 bits per heavy atom. The van der Waals surface area contributed by atoms with Crippen molar-refractivity contribution in [1.82, 2.24) is 9.80 Å². The minimum atomic E-state index is 0.735. The number of rotatable bonds is 3. The highest BCUT2D eigenvalue weighted by Crippen LogP contribution is 2.10. The maximum atomic E-state index is 6.02. The molecule has 0 unspecified atom stereocenters. The second kappa shape index (κ2) is 7.04. The molecule has 2 aliphatic heterocycles. The zero-order valence-electron chi connectivity index (χ0n) is 11.3. The molecule has 0 spiro atoms. The Kier molecular flexibility index (Phi) is 5.38. The lowest BCUT2D eigenvalue weighted by atomic mass is 10.1. The van der Waals surface area contributed by atoms with Crippen molar-refractivity contribution in [2.45, 2.75) is 13.3 Å². The van der Waals surface area contributed by atoms with Crippen molar-refractivity contribution >= 4 is 17.7 Å². The van der Waals surface area contributed by atoms with E-state index in [1.165, 1.54) is 23.5 Å². The van der Waals surface area contributed by atoms with E-state index in [2.05, 4.69) is 27.8 Å². The van der Waals surface area contributed by atoms with Gasteiger partial charge in [-0.2, -0.15) is 11.8 Å². The third-order valence-electron chi connectivity index (χ3n) is 3.55. The molecule has 0 aliphatic carbocycles. The van der Waals surface area contributed by atoms with Crippen molar-refractivity contribution in [3.63, 3.8) is 0 Å². The van der Waals surface area contributed by atoms with Crippen LogP contribution in [0.5, 0.6) is 0 Å². The Hall–Kier alpha value is -0.680. The molecular formula is C13H24N4S. The fourth-order valence-electron chi connectivity index (χ4n) is 2.21. The van der Waals surface area contributed by atoms with E-state index in [0.717, 1.165) is 45.2 Å². The summed E-state index contributed by atoms with van der Waals surface area (Å²) in [4.78, 5) is 9.16. The summed E-state index contributed by atoms with van der Waals surface area (Å²) in [6, 6.07) is 0. The molecule has 5 heteroatoms. The minimum Gasteiger partial charge on any atom is -0.370 e. The highest BCUT2D eigenvalue weighted by Gasteiger charge is 2.12. The standard InChI is InChI=1S/C13H24N4S/c1-12-2-5-16(6-3-12)7-4-15-13(14)17-8-10-18-11-9-17/h2H,3-11H2,1H3,(H2,14,15). The first kappa shape index (κ1) is 13.7. The molecule has 102 valence electrons. The first-order valence-electron chi connectivity index (χ1n) is 6.76. The predicted octanol–water partition coefficient (Wildman–Crippen LogP) is 1.00.